The highest BCUT2D eigenvalue weighted by Gasteiger charge is 2.54. The van der Waals surface area contributed by atoms with E-state index in [1.165, 1.54) is 28.8 Å². The van der Waals surface area contributed by atoms with Crippen LogP contribution in [0.3, 0.4) is 0 Å². The molecule has 0 bridgehead atoms. The molecule has 2 nitrogen and oxygen atoms in total. The van der Waals surface area contributed by atoms with E-state index in [1.54, 1.807) is 0 Å². The fourth-order valence-electron chi connectivity index (χ4n) is 5.59. The van der Waals surface area contributed by atoms with Gasteiger partial charge in [0.25, 0.3) is 0 Å². The van der Waals surface area contributed by atoms with E-state index in [4.69, 9.17) is 4.74 Å². The normalized spacial score (nSPS) is 29.9. The predicted octanol–water partition coefficient (Wildman–Crippen LogP) is 5.69. The van der Waals surface area contributed by atoms with Gasteiger partial charge in [0.1, 0.15) is 5.82 Å². The number of rotatable bonds is 4. The average Bonchev–Trinajstić information content (AvgIpc) is 3.26. The summed E-state index contributed by atoms with van der Waals surface area (Å²) >= 11 is 0. The van der Waals surface area contributed by atoms with Crippen LogP contribution in [-0.2, 0) is 4.74 Å². The van der Waals surface area contributed by atoms with Gasteiger partial charge in [0.2, 0.25) is 0 Å². The zero-order chi connectivity index (χ0) is 19.9. The third-order valence-corrected chi connectivity index (χ3v) is 6.91. The molecule has 2 aliphatic rings. The molecule has 0 radical (unpaired) electrons. The lowest BCUT2D eigenvalue weighted by Gasteiger charge is -2.33. The topological polar surface area (TPSA) is 29.5 Å². The second-order valence-electron chi connectivity index (χ2n) is 9.07. The highest BCUT2D eigenvalue weighted by atomic mass is 19.1. The number of hydrogen-bond acceptors (Lipinski definition) is 2. The van der Waals surface area contributed by atoms with E-state index >= 15 is 0 Å². The first-order valence-electron chi connectivity index (χ1n) is 10.5. The summed E-state index contributed by atoms with van der Waals surface area (Å²) < 4.78 is 20.0. The minimum absolute atomic E-state index is 0.121. The molecule has 2 unspecified atom stereocenters. The summed E-state index contributed by atoms with van der Waals surface area (Å²) in [4.78, 5) is 0. The van der Waals surface area contributed by atoms with Crippen molar-refractivity contribution in [1.29, 1.82) is 0 Å². The number of halogens is 1. The van der Waals surface area contributed by atoms with Crippen molar-refractivity contribution in [3.8, 4) is 0 Å². The summed E-state index contributed by atoms with van der Waals surface area (Å²) in [5, 5.41) is 10.0. The number of ether oxygens (including phenoxy) is 1. The summed E-state index contributed by atoms with van der Waals surface area (Å²) in [7, 11) is 0. The second kappa shape index (κ2) is 7.61. The van der Waals surface area contributed by atoms with E-state index in [0.717, 1.165) is 31.4 Å². The van der Waals surface area contributed by atoms with E-state index in [-0.39, 0.29) is 29.9 Å². The van der Waals surface area contributed by atoms with Gasteiger partial charge in [-0.25, -0.2) is 4.39 Å². The van der Waals surface area contributed by atoms with E-state index in [2.05, 4.69) is 39.0 Å². The maximum absolute atomic E-state index is 13.5. The van der Waals surface area contributed by atoms with E-state index < -0.39 is 0 Å². The van der Waals surface area contributed by atoms with Crippen molar-refractivity contribution < 1.29 is 14.2 Å². The fourth-order valence-corrected chi connectivity index (χ4v) is 5.59. The molecule has 1 aliphatic carbocycles. The molecule has 1 spiro atoms. The summed E-state index contributed by atoms with van der Waals surface area (Å²) in [5.41, 5.74) is 4.94. The number of benzene rings is 2. The van der Waals surface area contributed by atoms with Crippen LogP contribution in [0.1, 0.15) is 73.1 Å². The Morgan fingerprint density at radius 3 is 2.61 bits per heavy atom. The van der Waals surface area contributed by atoms with Gasteiger partial charge in [-0.1, -0.05) is 49.7 Å². The van der Waals surface area contributed by atoms with Gasteiger partial charge in [0.05, 0.1) is 12.2 Å². The first-order chi connectivity index (χ1) is 13.4. The molecule has 2 aromatic carbocycles. The number of aliphatic hydroxyl groups is 1. The standard InChI is InChI=1S/C25H31FO2/c1-16(2)22-9-4-17(3)12-23(22)20-13-25(28-15-20)11-10-19(14-27)24(25)18-5-7-21(26)8-6-18/h4-9,12,16,19-20,24,27H,10-11,13-15H2,1-3H3/t19?,20?,24-,25-/m1/s1. The van der Waals surface area contributed by atoms with Crippen molar-refractivity contribution >= 4 is 0 Å². The molecule has 1 saturated carbocycles. The maximum atomic E-state index is 13.5. The molecule has 2 aromatic rings. The smallest absolute Gasteiger partial charge is 0.123 e. The second-order valence-corrected chi connectivity index (χ2v) is 9.07. The molecular weight excluding hydrogens is 351 g/mol. The number of aliphatic hydroxyl groups excluding tert-OH is 1. The van der Waals surface area contributed by atoms with Crippen LogP contribution in [0.25, 0.3) is 0 Å². The molecule has 1 heterocycles. The quantitative estimate of drug-likeness (QED) is 0.736. The van der Waals surface area contributed by atoms with Gasteiger partial charge in [-0.3, -0.25) is 0 Å². The van der Waals surface area contributed by atoms with Gasteiger partial charge in [-0.2, -0.15) is 0 Å². The van der Waals surface area contributed by atoms with E-state index in [1.807, 2.05) is 12.1 Å². The summed E-state index contributed by atoms with van der Waals surface area (Å²) in [6, 6.07) is 13.6. The Morgan fingerprint density at radius 2 is 1.93 bits per heavy atom. The predicted molar refractivity (Wildman–Crippen MR) is 110 cm³/mol. The molecular formula is C25H31FO2. The van der Waals surface area contributed by atoms with Crippen molar-refractivity contribution in [2.45, 2.75) is 63.4 Å². The van der Waals surface area contributed by atoms with Crippen molar-refractivity contribution in [2.75, 3.05) is 13.2 Å². The van der Waals surface area contributed by atoms with Crippen molar-refractivity contribution in [2.24, 2.45) is 5.92 Å². The van der Waals surface area contributed by atoms with Crippen LogP contribution in [-0.4, -0.2) is 23.9 Å². The monoisotopic (exact) mass is 382 g/mol. The molecule has 4 atom stereocenters. The summed E-state index contributed by atoms with van der Waals surface area (Å²) in [6.45, 7) is 7.52. The van der Waals surface area contributed by atoms with Crippen molar-refractivity contribution in [3.05, 3.63) is 70.5 Å². The lowest BCUT2D eigenvalue weighted by Crippen LogP contribution is -2.34. The Balaban J connectivity index is 1.68. The van der Waals surface area contributed by atoms with Gasteiger partial charge in [-0.05, 0) is 66.8 Å². The largest absolute Gasteiger partial charge is 0.396 e. The minimum atomic E-state index is -0.256. The van der Waals surface area contributed by atoms with Gasteiger partial charge in [-0.15, -0.1) is 0 Å². The molecule has 0 amide bonds. The Morgan fingerprint density at radius 1 is 1.18 bits per heavy atom. The fraction of sp³-hybridized carbons (Fsp3) is 0.520. The van der Waals surface area contributed by atoms with Crippen LogP contribution in [0.4, 0.5) is 4.39 Å². The van der Waals surface area contributed by atoms with Crippen molar-refractivity contribution in [3.63, 3.8) is 0 Å². The third-order valence-electron chi connectivity index (χ3n) is 6.91. The van der Waals surface area contributed by atoms with Crippen LogP contribution < -0.4 is 0 Å². The average molecular weight is 383 g/mol. The zero-order valence-electron chi connectivity index (χ0n) is 17.1. The molecule has 150 valence electrons. The first-order valence-corrected chi connectivity index (χ1v) is 10.5. The molecule has 0 aromatic heterocycles. The van der Waals surface area contributed by atoms with Crippen molar-refractivity contribution in [1.82, 2.24) is 0 Å². The van der Waals surface area contributed by atoms with Gasteiger partial charge in [0, 0.05) is 18.4 Å². The summed E-state index contributed by atoms with van der Waals surface area (Å²) in [6.07, 6.45) is 2.88. The molecule has 1 aliphatic heterocycles. The van der Waals surface area contributed by atoms with E-state index in [9.17, 15) is 9.50 Å². The first kappa shape index (κ1) is 19.6. The molecule has 1 saturated heterocycles. The lowest BCUT2D eigenvalue weighted by molar-refractivity contribution is -0.0122. The Bertz CT molecular complexity index is 829. The van der Waals surface area contributed by atoms with Crippen LogP contribution in [0.15, 0.2) is 42.5 Å². The SMILES string of the molecule is Cc1ccc(C(C)C)c(C2CO[C@]3(CCC(CO)[C@H]3c3ccc(F)cc3)C2)c1. The van der Waals surface area contributed by atoms with E-state index in [0.29, 0.717) is 11.8 Å². The Hall–Kier alpha value is -1.71. The Kier molecular flexibility index (Phi) is 5.32. The highest BCUT2D eigenvalue weighted by molar-refractivity contribution is 5.38. The number of hydrogen-bond donors (Lipinski definition) is 1. The molecule has 1 N–H and O–H groups in total. The molecule has 3 heteroatoms. The van der Waals surface area contributed by atoms with Crippen LogP contribution >= 0.6 is 0 Å². The Labute approximate surface area is 167 Å². The molecule has 4 rings (SSSR count). The van der Waals surface area contributed by atoms with Crippen LogP contribution in [0.5, 0.6) is 0 Å². The summed E-state index contributed by atoms with van der Waals surface area (Å²) in [5.74, 6) is 0.927. The van der Waals surface area contributed by atoms with Gasteiger partial charge >= 0.3 is 0 Å². The maximum Gasteiger partial charge on any atom is 0.123 e. The molecule has 2 fully saturated rings. The van der Waals surface area contributed by atoms with Gasteiger partial charge < -0.3 is 9.84 Å². The van der Waals surface area contributed by atoms with Crippen LogP contribution in [0, 0.1) is 18.7 Å². The lowest BCUT2D eigenvalue weighted by atomic mass is 9.75. The molecule has 28 heavy (non-hydrogen) atoms. The highest BCUT2D eigenvalue weighted by Crippen LogP contribution is 2.56. The number of aryl methyl sites for hydroxylation is 1. The zero-order valence-corrected chi connectivity index (χ0v) is 17.1. The third kappa shape index (κ3) is 3.40. The van der Waals surface area contributed by atoms with Gasteiger partial charge in [0.15, 0.2) is 0 Å². The minimum Gasteiger partial charge on any atom is -0.396 e. The van der Waals surface area contributed by atoms with Crippen LogP contribution in [0.2, 0.25) is 0 Å².